The van der Waals surface area contributed by atoms with Crippen molar-refractivity contribution in [1.82, 2.24) is 10.2 Å². The predicted molar refractivity (Wildman–Crippen MR) is 91.2 cm³/mol. The molecule has 1 heterocycles. The summed E-state index contributed by atoms with van der Waals surface area (Å²) in [6.45, 7) is 3.81. The maximum absolute atomic E-state index is 8.96. The molecule has 0 N–H and O–H groups in total. The number of nitrogens with zero attached hydrogens (tertiary/aromatic N) is 3. The van der Waals surface area contributed by atoms with Crippen LogP contribution in [0.1, 0.15) is 30.0 Å². The highest BCUT2D eigenvalue weighted by atomic mass is 16.5. The molecule has 0 bridgehead atoms. The molecule has 0 spiro atoms. The van der Waals surface area contributed by atoms with Gasteiger partial charge in [0.25, 0.3) is 5.89 Å². The van der Waals surface area contributed by atoms with Crippen LogP contribution >= 0.6 is 0 Å². The lowest BCUT2D eigenvalue weighted by molar-refractivity contribution is 0.182. The first kappa shape index (κ1) is 16.5. The zero-order valence-corrected chi connectivity index (χ0v) is 14.2. The van der Waals surface area contributed by atoms with Crippen molar-refractivity contribution in [2.75, 3.05) is 7.11 Å². The molecule has 3 rings (SSSR count). The van der Waals surface area contributed by atoms with Crippen LogP contribution in [-0.4, -0.2) is 17.3 Å². The van der Waals surface area contributed by atoms with Crippen LogP contribution in [0.2, 0.25) is 0 Å². The SMILES string of the molecule is COc1cc(C#N)ccc1O[C@@H](C)c1nnc(-c2cccc(C)c2)o1. The molecular formula is C19H17N3O3. The molecule has 0 fully saturated rings. The Morgan fingerprint density at radius 1 is 1.12 bits per heavy atom. The van der Waals surface area contributed by atoms with E-state index >= 15 is 0 Å². The molecule has 0 aliphatic rings. The van der Waals surface area contributed by atoms with Gasteiger partial charge in [0.2, 0.25) is 5.89 Å². The smallest absolute Gasteiger partial charge is 0.257 e. The molecule has 0 aliphatic heterocycles. The highest BCUT2D eigenvalue weighted by Gasteiger charge is 2.18. The van der Waals surface area contributed by atoms with E-state index in [1.165, 1.54) is 7.11 Å². The predicted octanol–water partition coefficient (Wildman–Crippen LogP) is 4.07. The van der Waals surface area contributed by atoms with E-state index in [0.29, 0.717) is 28.8 Å². The van der Waals surface area contributed by atoms with Crippen molar-refractivity contribution in [2.24, 2.45) is 0 Å². The molecule has 1 atom stereocenters. The normalized spacial score (nSPS) is 11.6. The van der Waals surface area contributed by atoms with Crippen LogP contribution in [0.15, 0.2) is 46.9 Å². The lowest BCUT2D eigenvalue weighted by Crippen LogP contribution is -2.04. The quantitative estimate of drug-likeness (QED) is 0.699. The minimum Gasteiger partial charge on any atom is -0.493 e. The second-order valence-electron chi connectivity index (χ2n) is 5.55. The van der Waals surface area contributed by atoms with Crippen molar-refractivity contribution in [3.8, 4) is 29.0 Å². The standard InChI is InChI=1S/C19H17N3O3/c1-12-5-4-6-15(9-12)19-22-21-18(25-19)13(2)24-16-8-7-14(11-20)10-17(16)23-3/h4-10,13H,1-3H3/t13-/m0/s1. The minimum absolute atomic E-state index is 0.364. The lowest BCUT2D eigenvalue weighted by atomic mass is 10.1. The fraction of sp³-hybridized carbons (Fsp3) is 0.211. The van der Waals surface area contributed by atoms with Crippen LogP contribution in [0.5, 0.6) is 11.5 Å². The van der Waals surface area contributed by atoms with Gasteiger partial charge in [0.1, 0.15) is 0 Å². The van der Waals surface area contributed by atoms with Crippen LogP contribution in [0.3, 0.4) is 0 Å². The van der Waals surface area contributed by atoms with E-state index < -0.39 is 6.10 Å². The first-order chi connectivity index (χ1) is 12.1. The monoisotopic (exact) mass is 335 g/mol. The Bertz CT molecular complexity index is 928. The van der Waals surface area contributed by atoms with Gasteiger partial charge in [0, 0.05) is 11.6 Å². The molecule has 0 amide bonds. The lowest BCUT2D eigenvalue weighted by Gasteiger charge is -2.14. The van der Waals surface area contributed by atoms with Gasteiger partial charge in [0.15, 0.2) is 17.6 Å². The number of aromatic nitrogens is 2. The third kappa shape index (κ3) is 3.61. The van der Waals surface area contributed by atoms with E-state index in [2.05, 4.69) is 16.3 Å². The second-order valence-corrected chi connectivity index (χ2v) is 5.55. The van der Waals surface area contributed by atoms with Crippen molar-refractivity contribution >= 4 is 0 Å². The van der Waals surface area contributed by atoms with E-state index in [1.54, 1.807) is 18.2 Å². The fourth-order valence-corrected chi connectivity index (χ4v) is 2.37. The average Bonchev–Trinajstić information content (AvgIpc) is 3.12. The first-order valence-electron chi connectivity index (χ1n) is 7.76. The Labute approximate surface area is 145 Å². The zero-order valence-electron chi connectivity index (χ0n) is 14.2. The van der Waals surface area contributed by atoms with Gasteiger partial charge in [-0.2, -0.15) is 5.26 Å². The van der Waals surface area contributed by atoms with Gasteiger partial charge in [-0.15, -0.1) is 10.2 Å². The molecule has 0 unspecified atom stereocenters. The summed E-state index contributed by atoms with van der Waals surface area (Å²) in [5, 5.41) is 17.1. The molecule has 6 heteroatoms. The molecule has 126 valence electrons. The fourth-order valence-electron chi connectivity index (χ4n) is 2.37. The molecule has 1 aromatic heterocycles. The number of hydrogen-bond acceptors (Lipinski definition) is 6. The van der Waals surface area contributed by atoms with Crippen LogP contribution in [0, 0.1) is 18.3 Å². The molecule has 3 aromatic rings. The second kappa shape index (κ2) is 7.05. The van der Waals surface area contributed by atoms with Gasteiger partial charge >= 0.3 is 0 Å². The Morgan fingerprint density at radius 2 is 1.96 bits per heavy atom. The zero-order chi connectivity index (χ0) is 17.8. The van der Waals surface area contributed by atoms with Crippen molar-refractivity contribution in [1.29, 1.82) is 5.26 Å². The summed E-state index contributed by atoms with van der Waals surface area (Å²) in [4.78, 5) is 0. The highest BCUT2D eigenvalue weighted by molar-refractivity contribution is 5.53. The molecule has 0 saturated heterocycles. The van der Waals surface area contributed by atoms with Crippen LogP contribution in [-0.2, 0) is 0 Å². The topological polar surface area (TPSA) is 81.2 Å². The van der Waals surface area contributed by atoms with Gasteiger partial charge < -0.3 is 13.9 Å². The van der Waals surface area contributed by atoms with Crippen molar-refractivity contribution in [2.45, 2.75) is 20.0 Å². The number of benzene rings is 2. The Balaban J connectivity index is 1.81. The summed E-state index contributed by atoms with van der Waals surface area (Å²) in [5.41, 5.74) is 2.47. The first-order valence-corrected chi connectivity index (χ1v) is 7.76. The Hall–Kier alpha value is -3.33. The van der Waals surface area contributed by atoms with E-state index in [1.807, 2.05) is 38.1 Å². The summed E-state index contributed by atoms with van der Waals surface area (Å²) >= 11 is 0. The molecule has 25 heavy (non-hydrogen) atoms. The van der Waals surface area contributed by atoms with Gasteiger partial charge in [-0.05, 0) is 38.1 Å². The van der Waals surface area contributed by atoms with E-state index in [0.717, 1.165) is 11.1 Å². The van der Waals surface area contributed by atoms with E-state index in [9.17, 15) is 0 Å². The molecule has 0 aliphatic carbocycles. The summed E-state index contributed by atoms with van der Waals surface area (Å²) in [6.07, 6.45) is -0.465. The largest absolute Gasteiger partial charge is 0.493 e. The number of rotatable bonds is 5. The average molecular weight is 335 g/mol. The minimum atomic E-state index is -0.465. The molecule has 6 nitrogen and oxygen atoms in total. The van der Waals surface area contributed by atoms with Crippen LogP contribution in [0.25, 0.3) is 11.5 Å². The number of nitriles is 1. The van der Waals surface area contributed by atoms with Gasteiger partial charge in [-0.1, -0.05) is 17.7 Å². The molecule has 2 aromatic carbocycles. The number of ether oxygens (including phenoxy) is 2. The van der Waals surface area contributed by atoms with Crippen molar-refractivity contribution in [3.05, 3.63) is 59.5 Å². The van der Waals surface area contributed by atoms with Gasteiger partial charge in [-0.3, -0.25) is 0 Å². The maximum Gasteiger partial charge on any atom is 0.257 e. The third-order valence-electron chi connectivity index (χ3n) is 3.65. The summed E-state index contributed by atoms with van der Waals surface area (Å²) in [7, 11) is 1.52. The van der Waals surface area contributed by atoms with E-state index in [4.69, 9.17) is 19.2 Å². The van der Waals surface area contributed by atoms with Crippen molar-refractivity contribution < 1.29 is 13.9 Å². The Kier molecular flexibility index (Phi) is 4.66. The number of hydrogen-bond donors (Lipinski definition) is 0. The summed E-state index contributed by atoms with van der Waals surface area (Å²) < 4.78 is 16.9. The molecule has 0 radical (unpaired) electrons. The third-order valence-corrected chi connectivity index (χ3v) is 3.65. The highest BCUT2D eigenvalue weighted by Crippen LogP contribution is 2.32. The molecule has 0 saturated carbocycles. The molecular weight excluding hydrogens is 318 g/mol. The van der Waals surface area contributed by atoms with E-state index in [-0.39, 0.29) is 0 Å². The van der Waals surface area contributed by atoms with Gasteiger partial charge in [0.05, 0.1) is 18.7 Å². The van der Waals surface area contributed by atoms with Crippen molar-refractivity contribution in [3.63, 3.8) is 0 Å². The number of aryl methyl sites for hydroxylation is 1. The van der Waals surface area contributed by atoms with Crippen LogP contribution < -0.4 is 9.47 Å². The summed E-state index contributed by atoms with van der Waals surface area (Å²) in [5.74, 6) is 1.79. The maximum atomic E-state index is 8.96. The Morgan fingerprint density at radius 3 is 2.68 bits per heavy atom. The summed E-state index contributed by atoms with van der Waals surface area (Å²) in [6, 6.07) is 14.9. The van der Waals surface area contributed by atoms with Gasteiger partial charge in [-0.25, -0.2) is 0 Å². The number of methoxy groups -OCH3 is 1. The van der Waals surface area contributed by atoms with Crippen LogP contribution in [0.4, 0.5) is 0 Å².